The lowest BCUT2D eigenvalue weighted by Gasteiger charge is -2.00. The van der Waals surface area contributed by atoms with Gasteiger partial charge in [-0.3, -0.25) is 4.98 Å². The summed E-state index contributed by atoms with van der Waals surface area (Å²) in [5, 5.41) is 11.1. The average molecular weight is 217 g/mol. The number of nitrogens with zero attached hydrogens (tertiary/aromatic N) is 4. The fourth-order valence-electron chi connectivity index (χ4n) is 1.53. The topological polar surface area (TPSA) is 55.6 Å². The Bertz CT molecular complexity index is 463. The molecule has 5 nitrogen and oxygen atoms in total. The maximum absolute atomic E-state index is 4.42. The molecule has 0 atom stereocenters. The van der Waals surface area contributed by atoms with E-state index in [-0.39, 0.29) is 0 Å². The number of pyridine rings is 1. The third-order valence-electron chi connectivity index (χ3n) is 2.21. The van der Waals surface area contributed by atoms with Crippen LogP contribution in [0.25, 0.3) is 0 Å². The van der Waals surface area contributed by atoms with E-state index in [1.165, 1.54) is 0 Å². The van der Waals surface area contributed by atoms with E-state index in [2.05, 4.69) is 20.6 Å². The minimum atomic E-state index is 0.665. The van der Waals surface area contributed by atoms with Crippen LogP contribution in [0.3, 0.4) is 0 Å². The SMILES string of the molecule is CNCc1cn(Cc2cccc(C)n2)nn1. The van der Waals surface area contributed by atoms with Crippen molar-refractivity contribution in [1.82, 2.24) is 25.3 Å². The fourth-order valence-corrected chi connectivity index (χ4v) is 1.53. The van der Waals surface area contributed by atoms with Crippen molar-refractivity contribution in [3.63, 3.8) is 0 Å². The summed E-state index contributed by atoms with van der Waals surface area (Å²) in [6.45, 7) is 3.39. The van der Waals surface area contributed by atoms with Crippen LogP contribution in [0, 0.1) is 6.92 Å². The third-order valence-corrected chi connectivity index (χ3v) is 2.21. The first-order chi connectivity index (χ1) is 7.78. The monoisotopic (exact) mass is 217 g/mol. The van der Waals surface area contributed by atoms with E-state index in [0.717, 1.165) is 23.6 Å². The lowest BCUT2D eigenvalue weighted by atomic mass is 10.3. The highest BCUT2D eigenvalue weighted by Gasteiger charge is 2.01. The van der Waals surface area contributed by atoms with Gasteiger partial charge < -0.3 is 5.32 Å². The molecule has 0 aromatic carbocycles. The van der Waals surface area contributed by atoms with Crippen LogP contribution < -0.4 is 5.32 Å². The highest BCUT2D eigenvalue weighted by atomic mass is 15.4. The maximum atomic E-state index is 4.42. The molecule has 0 unspecified atom stereocenters. The normalized spacial score (nSPS) is 10.6. The molecule has 0 radical (unpaired) electrons. The Morgan fingerprint density at radius 2 is 2.19 bits per heavy atom. The van der Waals surface area contributed by atoms with Gasteiger partial charge in [-0.05, 0) is 26.1 Å². The summed E-state index contributed by atoms with van der Waals surface area (Å²) in [6.07, 6.45) is 1.93. The van der Waals surface area contributed by atoms with Gasteiger partial charge in [0.1, 0.15) is 0 Å². The quantitative estimate of drug-likeness (QED) is 0.821. The van der Waals surface area contributed by atoms with Gasteiger partial charge in [-0.15, -0.1) is 5.10 Å². The fraction of sp³-hybridized carbons (Fsp3) is 0.364. The second-order valence-electron chi connectivity index (χ2n) is 3.71. The van der Waals surface area contributed by atoms with Crippen molar-refractivity contribution >= 4 is 0 Å². The minimum absolute atomic E-state index is 0.665. The molecule has 0 saturated heterocycles. The summed E-state index contributed by atoms with van der Waals surface area (Å²) < 4.78 is 1.80. The molecule has 16 heavy (non-hydrogen) atoms. The summed E-state index contributed by atoms with van der Waals surface area (Å²) >= 11 is 0. The Morgan fingerprint density at radius 1 is 1.31 bits per heavy atom. The largest absolute Gasteiger partial charge is 0.314 e. The zero-order valence-corrected chi connectivity index (χ0v) is 9.51. The van der Waals surface area contributed by atoms with Crippen LogP contribution in [0.15, 0.2) is 24.4 Å². The summed E-state index contributed by atoms with van der Waals surface area (Å²) in [5.41, 5.74) is 2.96. The number of aryl methyl sites for hydroxylation is 1. The first-order valence-corrected chi connectivity index (χ1v) is 5.24. The lowest BCUT2D eigenvalue weighted by molar-refractivity contribution is 0.637. The van der Waals surface area contributed by atoms with Gasteiger partial charge in [0.15, 0.2) is 0 Å². The van der Waals surface area contributed by atoms with Crippen molar-refractivity contribution in [2.45, 2.75) is 20.0 Å². The maximum Gasteiger partial charge on any atom is 0.0964 e. The molecule has 5 heteroatoms. The summed E-state index contributed by atoms with van der Waals surface area (Å²) in [4.78, 5) is 4.42. The molecule has 84 valence electrons. The first kappa shape index (κ1) is 10.8. The van der Waals surface area contributed by atoms with Gasteiger partial charge >= 0.3 is 0 Å². The molecule has 0 aliphatic carbocycles. The van der Waals surface area contributed by atoms with Crippen molar-refractivity contribution < 1.29 is 0 Å². The molecule has 1 N–H and O–H groups in total. The van der Waals surface area contributed by atoms with Gasteiger partial charge in [-0.1, -0.05) is 11.3 Å². The van der Waals surface area contributed by atoms with E-state index in [4.69, 9.17) is 0 Å². The highest BCUT2D eigenvalue weighted by molar-refractivity contribution is 5.10. The van der Waals surface area contributed by atoms with E-state index in [9.17, 15) is 0 Å². The van der Waals surface area contributed by atoms with Gasteiger partial charge in [0.2, 0.25) is 0 Å². The van der Waals surface area contributed by atoms with Crippen LogP contribution in [0.5, 0.6) is 0 Å². The van der Waals surface area contributed by atoms with E-state index in [1.807, 2.05) is 38.4 Å². The molecule has 0 spiro atoms. The third kappa shape index (κ3) is 2.64. The van der Waals surface area contributed by atoms with Gasteiger partial charge in [0, 0.05) is 12.2 Å². The Balaban J connectivity index is 2.08. The zero-order chi connectivity index (χ0) is 11.4. The van der Waals surface area contributed by atoms with Crippen molar-refractivity contribution in [3.8, 4) is 0 Å². The molecule has 2 aromatic rings. The molecular formula is C11H15N5. The summed E-state index contributed by atoms with van der Waals surface area (Å²) in [6, 6.07) is 5.98. The standard InChI is InChI=1S/C11H15N5/c1-9-4-3-5-10(13-9)7-16-8-11(6-12-2)14-15-16/h3-5,8,12H,6-7H2,1-2H3. The van der Waals surface area contributed by atoms with Crippen LogP contribution in [-0.2, 0) is 13.1 Å². The smallest absolute Gasteiger partial charge is 0.0964 e. The summed E-state index contributed by atoms with van der Waals surface area (Å²) in [5.74, 6) is 0. The molecule has 0 aliphatic rings. The van der Waals surface area contributed by atoms with E-state index in [1.54, 1.807) is 4.68 Å². The Kier molecular flexibility index (Phi) is 3.26. The molecule has 2 rings (SSSR count). The zero-order valence-electron chi connectivity index (χ0n) is 9.51. The van der Waals surface area contributed by atoms with Gasteiger partial charge in [0.25, 0.3) is 0 Å². The highest BCUT2D eigenvalue weighted by Crippen LogP contribution is 2.01. The van der Waals surface area contributed by atoms with Crippen molar-refractivity contribution in [2.75, 3.05) is 7.05 Å². The van der Waals surface area contributed by atoms with E-state index in [0.29, 0.717) is 6.54 Å². The second kappa shape index (κ2) is 4.85. The molecule has 0 saturated carbocycles. The molecule has 0 amide bonds. The van der Waals surface area contributed by atoms with Crippen LogP contribution >= 0.6 is 0 Å². The first-order valence-electron chi connectivity index (χ1n) is 5.24. The predicted molar refractivity (Wildman–Crippen MR) is 60.9 cm³/mol. The van der Waals surface area contributed by atoms with Gasteiger partial charge in [-0.25, -0.2) is 4.68 Å². The van der Waals surface area contributed by atoms with E-state index >= 15 is 0 Å². The van der Waals surface area contributed by atoms with Crippen molar-refractivity contribution in [3.05, 3.63) is 41.5 Å². The van der Waals surface area contributed by atoms with Crippen molar-refractivity contribution in [2.24, 2.45) is 0 Å². The molecule has 0 aliphatic heterocycles. The molecule has 2 aromatic heterocycles. The number of nitrogens with one attached hydrogen (secondary N) is 1. The van der Waals surface area contributed by atoms with Crippen molar-refractivity contribution in [1.29, 1.82) is 0 Å². The summed E-state index contributed by atoms with van der Waals surface area (Å²) in [7, 11) is 1.89. The Labute approximate surface area is 94.5 Å². The minimum Gasteiger partial charge on any atom is -0.314 e. The number of rotatable bonds is 4. The Morgan fingerprint density at radius 3 is 2.94 bits per heavy atom. The molecular weight excluding hydrogens is 202 g/mol. The lowest BCUT2D eigenvalue weighted by Crippen LogP contribution is -2.05. The van der Waals surface area contributed by atoms with Crippen LogP contribution in [0.1, 0.15) is 17.1 Å². The average Bonchev–Trinajstić information content (AvgIpc) is 2.66. The number of aromatic nitrogens is 4. The molecule has 2 heterocycles. The number of hydrogen-bond acceptors (Lipinski definition) is 4. The second-order valence-corrected chi connectivity index (χ2v) is 3.71. The van der Waals surface area contributed by atoms with Gasteiger partial charge in [0.05, 0.1) is 24.1 Å². The van der Waals surface area contributed by atoms with E-state index < -0.39 is 0 Å². The molecule has 0 fully saturated rings. The Hall–Kier alpha value is -1.75. The molecule has 0 bridgehead atoms. The van der Waals surface area contributed by atoms with Gasteiger partial charge in [-0.2, -0.15) is 0 Å². The number of hydrogen-bond donors (Lipinski definition) is 1. The van der Waals surface area contributed by atoms with Crippen LogP contribution in [0.4, 0.5) is 0 Å². The van der Waals surface area contributed by atoms with Crippen LogP contribution in [0.2, 0.25) is 0 Å². The van der Waals surface area contributed by atoms with Crippen LogP contribution in [-0.4, -0.2) is 27.0 Å². The predicted octanol–water partition coefficient (Wildman–Crippen LogP) is 0.749.